The van der Waals surface area contributed by atoms with E-state index in [-0.39, 0.29) is 11.7 Å². The van der Waals surface area contributed by atoms with Gasteiger partial charge >= 0.3 is 0 Å². The fraction of sp³-hybridized carbons (Fsp3) is 0.250. The molecular weight excluding hydrogens is 349 g/mol. The van der Waals surface area contributed by atoms with Crippen LogP contribution in [-0.2, 0) is 4.74 Å². The molecule has 0 bridgehead atoms. The molecule has 1 amide bonds. The molecule has 1 aliphatic heterocycles. The maximum Gasteiger partial charge on any atom is 0.265 e. The summed E-state index contributed by atoms with van der Waals surface area (Å²) in [6.07, 6.45) is 0. The normalized spacial score (nSPS) is 15.0. The van der Waals surface area contributed by atoms with Crippen LogP contribution in [0.4, 0.5) is 15.2 Å². The Balaban J connectivity index is 1.51. The van der Waals surface area contributed by atoms with Crippen LogP contribution in [0.25, 0.3) is 9.53 Å². The summed E-state index contributed by atoms with van der Waals surface area (Å²) in [5.74, 6) is -0.533. The molecule has 0 atom stereocenters. The van der Waals surface area contributed by atoms with Crippen molar-refractivity contribution in [3.05, 3.63) is 41.0 Å². The lowest BCUT2D eigenvalue weighted by atomic mass is 10.3. The van der Waals surface area contributed by atoms with Crippen LogP contribution < -0.4 is 10.2 Å². The number of morpholine rings is 1. The summed E-state index contributed by atoms with van der Waals surface area (Å²) in [4.78, 5) is 20.6. The molecule has 0 aliphatic carbocycles. The van der Waals surface area contributed by atoms with Crippen LogP contribution in [0.1, 0.15) is 9.67 Å². The van der Waals surface area contributed by atoms with Crippen molar-refractivity contribution in [1.29, 1.82) is 0 Å². The molecule has 2 aromatic heterocycles. The third-order valence-electron chi connectivity index (χ3n) is 3.69. The Hall–Kier alpha value is -2.03. The molecule has 0 spiro atoms. The van der Waals surface area contributed by atoms with Gasteiger partial charge in [-0.25, -0.2) is 9.37 Å². The van der Waals surface area contributed by atoms with Crippen molar-refractivity contribution >= 4 is 48.9 Å². The van der Waals surface area contributed by atoms with Crippen molar-refractivity contribution < 1.29 is 13.9 Å². The van der Waals surface area contributed by atoms with Gasteiger partial charge in [0.2, 0.25) is 0 Å². The van der Waals surface area contributed by atoms with E-state index in [2.05, 4.69) is 15.2 Å². The summed E-state index contributed by atoms with van der Waals surface area (Å²) in [5.41, 5.74) is 0.570. The third kappa shape index (κ3) is 3.12. The number of nitrogens with zero attached hydrogens (tertiary/aromatic N) is 2. The quantitative estimate of drug-likeness (QED) is 0.773. The highest BCUT2D eigenvalue weighted by Gasteiger charge is 2.18. The number of aromatic nitrogens is 1. The van der Waals surface area contributed by atoms with Crippen LogP contribution in [0.5, 0.6) is 0 Å². The zero-order valence-electron chi connectivity index (χ0n) is 12.6. The van der Waals surface area contributed by atoms with Crippen molar-refractivity contribution in [2.45, 2.75) is 0 Å². The highest BCUT2D eigenvalue weighted by Crippen LogP contribution is 2.35. The number of benzene rings is 1. The summed E-state index contributed by atoms with van der Waals surface area (Å²) in [7, 11) is 0. The van der Waals surface area contributed by atoms with Crippen LogP contribution in [0.15, 0.2) is 30.3 Å². The number of nitrogens with one attached hydrogen (secondary N) is 1. The molecule has 1 aromatic carbocycles. The van der Waals surface area contributed by atoms with Gasteiger partial charge < -0.3 is 15.0 Å². The number of hydrogen-bond donors (Lipinski definition) is 1. The molecule has 1 N–H and O–H groups in total. The first-order valence-corrected chi connectivity index (χ1v) is 9.12. The van der Waals surface area contributed by atoms with Crippen LogP contribution >= 0.6 is 22.7 Å². The SMILES string of the molecule is O=C(Nc1ccc(F)cc1)c1cc2sc(N3CCOCC3)nc2s1. The number of halogens is 1. The Morgan fingerprint density at radius 2 is 1.96 bits per heavy atom. The van der Waals surface area contributed by atoms with E-state index in [0.29, 0.717) is 10.6 Å². The fourth-order valence-corrected chi connectivity index (χ4v) is 4.61. The predicted molar refractivity (Wildman–Crippen MR) is 94.9 cm³/mol. The van der Waals surface area contributed by atoms with E-state index in [4.69, 9.17) is 4.74 Å². The van der Waals surface area contributed by atoms with Gasteiger partial charge in [0, 0.05) is 18.8 Å². The van der Waals surface area contributed by atoms with Crippen molar-refractivity contribution in [2.24, 2.45) is 0 Å². The van der Waals surface area contributed by atoms with Crippen molar-refractivity contribution in [3.63, 3.8) is 0 Å². The number of amides is 1. The van der Waals surface area contributed by atoms with E-state index in [1.54, 1.807) is 11.3 Å². The maximum atomic E-state index is 12.9. The molecule has 0 unspecified atom stereocenters. The van der Waals surface area contributed by atoms with Crippen LogP contribution in [-0.4, -0.2) is 37.2 Å². The minimum Gasteiger partial charge on any atom is -0.378 e. The minimum atomic E-state index is -0.329. The number of ether oxygens (including phenoxy) is 1. The van der Waals surface area contributed by atoms with Crippen LogP contribution in [0.3, 0.4) is 0 Å². The monoisotopic (exact) mass is 363 g/mol. The number of thiophene rings is 1. The molecule has 4 rings (SSSR count). The molecule has 0 saturated carbocycles. The summed E-state index contributed by atoms with van der Waals surface area (Å²) in [6, 6.07) is 7.58. The average molecular weight is 363 g/mol. The van der Waals surface area contributed by atoms with E-state index in [0.717, 1.165) is 41.0 Å². The molecule has 3 heterocycles. The molecule has 0 radical (unpaired) electrons. The summed E-state index contributed by atoms with van der Waals surface area (Å²) in [6.45, 7) is 3.13. The van der Waals surface area contributed by atoms with E-state index < -0.39 is 0 Å². The van der Waals surface area contributed by atoms with E-state index in [1.165, 1.54) is 35.6 Å². The first-order valence-electron chi connectivity index (χ1n) is 7.49. The molecule has 1 saturated heterocycles. The Morgan fingerprint density at radius 1 is 1.21 bits per heavy atom. The van der Waals surface area contributed by atoms with Gasteiger partial charge in [0.15, 0.2) is 5.13 Å². The third-order valence-corrected chi connectivity index (χ3v) is 5.91. The van der Waals surface area contributed by atoms with E-state index >= 15 is 0 Å². The Kier molecular flexibility index (Phi) is 4.17. The van der Waals surface area contributed by atoms with Gasteiger partial charge in [-0.15, -0.1) is 11.3 Å². The molecule has 24 heavy (non-hydrogen) atoms. The van der Waals surface area contributed by atoms with Gasteiger partial charge in [-0.1, -0.05) is 11.3 Å². The summed E-state index contributed by atoms with van der Waals surface area (Å²) in [5, 5.41) is 3.75. The largest absolute Gasteiger partial charge is 0.378 e. The molecule has 1 aliphatic rings. The summed E-state index contributed by atoms with van der Waals surface area (Å²) >= 11 is 2.96. The molecule has 8 heteroatoms. The van der Waals surface area contributed by atoms with Gasteiger partial charge in [-0.3, -0.25) is 4.79 Å². The van der Waals surface area contributed by atoms with Crippen molar-refractivity contribution in [2.75, 3.05) is 36.5 Å². The number of anilines is 2. The molecule has 124 valence electrons. The lowest BCUT2D eigenvalue weighted by Crippen LogP contribution is -2.36. The predicted octanol–water partition coefficient (Wildman–Crippen LogP) is 3.59. The molecule has 5 nitrogen and oxygen atoms in total. The highest BCUT2D eigenvalue weighted by molar-refractivity contribution is 7.29. The Morgan fingerprint density at radius 3 is 2.67 bits per heavy atom. The van der Waals surface area contributed by atoms with Crippen LogP contribution in [0, 0.1) is 5.82 Å². The van der Waals surface area contributed by atoms with Crippen molar-refractivity contribution in [3.8, 4) is 0 Å². The second kappa shape index (κ2) is 6.46. The summed E-state index contributed by atoms with van der Waals surface area (Å²) < 4.78 is 19.3. The molecular formula is C16H14FN3O2S2. The number of thiazole rings is 1. The highest BCUT2D eigenvalue weighted by atomic mass is 32.1. The number of rotatable bonds is 3. The van der Waals surface area contributed by atoms with Crippen molar-refractivity contribution in [1.82, 2.24) is 4.98 Å². The first-order chi connectivity index (χ1) is 11.7. The zero-order chi connectivity index (χ0) is 16.5. The maximum absolute atomic E-state index is 12.9. The van der Waals surface area contributed by atoms with E-state index in [9.17, 15) is 9.18 Å². The first kappa shape index (κ1) is 15.5. The second-order valence-electron chi connectivity index (χ2n) is 5.34. The Labute approximate surface area is 145 Å². The lowest BCUT2D eigenvalue weighted by molar-refractivity contribution is 0.103. The van der Waals surface area contributed by atoms with Gasteiger partial charge in [0.25, 0.3) is 5.91 Å². The second-order valence-corrected chi connectivity index (χ2v) is 7.38. The smallest absolute Gasteiger partial charge is 0.265 e. The lowest BCUT2D eigenvalue weighted by Gasteiger charge is -2.25. The van der Waals surface area contributed by atoms with E-state index in [1.807, 2.05) is 6.07 Å². The number of carbonyl (C=O) groups is 1. The van der Waals surface area contributed by atoms with Gasteiger partial charge in [-0.05, 0) is 30.3 Å². The van der Waals surface area contributed by atoms with Gasteiger partial charge in [0.1, 0.15) is 10.6 Å². The minimum absolute atomic E-state index is 0.204. The molecule has 3 aromatic rings. The topological polar surface area (TPSA) is 54.5 Å². The average Bonchev–Trinajstić information content (AvgIpc) is 3.17. The molecule has 1 fully saturated rings. The number of hydrogen-bond acceptors (Lipinski definition) is 6. The number of fused-ring (bicyclic) bond motifs is 1. The van der Waals surface area contributed by atoms with Gasteiger partial charge in [-0.2, -0.15) is 0 Å². The van der Waals surface area contributed by atoms with Gasteiger partial charge in [0.05, 0.1) is 22.8 Å². The standard InChI is InChI=1S/C16H14FN3O2S2/c17-10-1-3-11(4-2-10)18-14(21)12-9-13-15(23-12)19-16(24-13)20-5-7-22-8-6-20/h1-4,9H,5-8H2,(H,18,21). The fourth-order valence-electron chi connectivity index (χ4n) is 2.45. The zero-order valence-corrected chi connectivity index (χ0v) is 14.3. The van der Waals surface area contributed by atoms with Crippen LogP contribution in [0.2, 0.25) is 0 Å². The number of carbonyl (C=O) groups excluding carboxylic acids is 1. The Bertz CT molecular complexity index is 838.